The van der Waals surface area contributed by atoms with Gasteiger partial charge in [0.25, 0.3) is 5.78 Å². The summed E-state index contributed by atoms with van der Waals surface area (Å²) >= 11 is 0.976. The summed E-state index contributed by atoms with van der Waals surface area (Å²) in [6, 6.07) is 13.0. The van der Waals surface area contributed by atoms with Gasteiger partial charge in [-0.25, -0.2) is 9.78 Å². The maximum absolute atomic E-state index is 13.3. The lowest BCUT2D eigenvalue weighted by Gasteiger charge is -2.23. The highest BCUT2D eigenvalue weighted by molar-refractivity contribution is 7.17. The number of aliphatic hydroxyl groups is 1. The van der Waals surface area contributed by atoms with Crippen LogP contribution in [0.4, 0.5) is 5.13 Å². The number of hydrogen-bond donors (Lipinski definition) is 1. The Hall–Kier alpha value is -3.98. The van der Waals surface area contributed by atoms with E-state index in [0.29, 0.717) is 29.2 Å². The van der Waals surface area contributed by atoms with Gasteiger partial charge in [0.15, 0.2) is 5.13 Å². The molecule has 9 heteroatoms. The molecule has 2 heterocycles. The smallest absolute Gasteiger partial charge is 0.350 e. The first-order valence-corrected chi connectivity index (χ1v) is 12.3. The van der Waals surface area contributed by atoms with Gasteiger partial charge in [-0.15, -0.1) is 0 Å². The van der Waals surface area contributed by atoms with E-state index in [2.05, 4.69) is 4.98 Å². The van der Waals surface area contributed by atoms with Crippen molar-refractivity contribution in [3.8, 4) is 5.75 Å². The summed E-state index contributed by atoms with van der Waals surface area (Å²) in [5, 5.41) is 11.4. The SMILES string of the molecule is CCOC(=O)c1sc(N2C(=O)C(=O)/C(=C(/O)c3ccc(OCC)cc3)[C@H]2c2ccc(C)cc2)nc1C. The van der Waals surface area contributed by atoms with Crippen LogP contribution < -0.4 is 9.64 Å². The lowest BCUT2D eigenvalue weighted by Crippen LogP contribution is -2.29. The predicted molar refractivity (Wildman–Crippen MR) is 136 cm³/mol. The molecule has 0 saturated carbocycles. The van der Waals surface area contributed by atoms with Gasteiger partial charge in [-0.3, -0.25) is 14.5 Å². The van der Waals surface area contributed by atoms with Gasteiger partial charge >= 0.3 is 11.9 Å². The van der Waals surface area contributed by atoms with Crippen LogP contribution in [0.3, 0.4) is 0 Å². The largest absolute Gasteiger partial charge is 0.507 e. The van der Waals surface area contributed by atoms with Gasteiger partial charge < -0.3 is 14.6 Å². The molecule has 1 fully saturated rings. The molecule has 0 bridgehead atoms. The zero-order chi connectivity index (χ0) is 26.0. The van der Waals surface area contributed by atoms with E-state index in [4.69, 9.17) is 9.47 Å². The Morgan fingerprint density at radius 3 is 2.31 bits per heavy atom. The molecule has 1 aliphatic rings. The molecule has 1 atom stereocenters. The third kappa shape index (κ3) is 4.61. The summed E-state index contributed by atoms with van der Waals surface area (Å²) in [5.41, 5.74) is 2.33. The molecule has 1 saturated heterocycles. The molecule has 0 aliphatic carbocycles. The molecule has 1 amide bonds. The fourth-order valence-corrected chi connectivity index (χ4v) is 4.98. The lowest BCUT2D eigenvalue weighted by atomic mass is 9.95. The van der Waals surface area contributed by atoms with Crippen molar-refractivity contribution in [1.82, 2.24) is 4.98 Å². The summed E-state index contributed by atoms with van der Waals surface area (Å²) in [6.07, 6.45) is 0. The van der Waals surface area contributed by atoms with Gasteiger partial charge in [-0.2, -0.15) is 0 Å². The normalized spacial score (nSPS) is 16.9. The van der Waals surface area contributed by atoms with Crippen LogP contribution in [-0.2, 0) is 14.3 Å². The van der Waals surface area contributed by atoms with Crippen molar-refractivity contribution >= 4 is 39.9 Å². The number of carbonyl (C=O) groups excluding carboxylic acids is 3. The molecule has 1 N–H and O–H groups in total. The molecule has 4 rings (SSSR count). The average molecular weight is 507 g/mol. The number of rotatable bonds is 7. The lowest BCUT2D eigenvalue weighted by molar-refractivity contribution is -0.132. The predicted octanol–water partition coefficient (Wildman–Crippen LogP) is 4.96. The van der Waals surface area contributed by atoms with Gasteiger partial charge in [-0.05, 0) is 57.5 Å². The van der Waals surface area contributed by atoms with Crippen LogP contribution >= 0.6 is 11.3 Å². The number of esters is 1. The number of carbonyl (C=O) groups is 3. The number of aromatic nitrogens is 1. The zero-order valence-corrected chi connectivity index (χ0v) is 21.2. The van der Waals surface area contributed by atoms with Crippen LogP contribution in [0.15, 0.2) is 54.1 Å². The molecule has 0 unspecified atom stereocenters. The van der Waals surface area contributed by atoms with Crippen molar-refractivity contribution < 1.29 is 29.0 Å². The highest BCUT2D eigenvalue weighted by atomic mass is 32.1. The molecular weight excluding hydrogens is 480 g/mol. The highest BCUT2D eigenvalue weighted by Gasteiger charge is 2.48. The van der Waals surface area contributed by atoms with Crippen LogP contribution in [0.5, 0.6) is 5.75 Å². The number of ketones is 1. The van der Waals surface area contributed by atoms with E-state index in [1.54, 1.807) is 50.2 Å². The van der Waals surface area contributed by atoms with Gasteiger partial charge in [0, 0.05) is 5.56 Å². The van der Waals surface area contributed by atoms with E-state index < -0.39 is 23.7 Å². The number of nitrogens with zero attached hydrogens (tertiary/aromatic N) is 2. The first-order valence-electron chi connectivity index (χ1n) is 11.5. The second-order valence-electron chi connectivity index (χ2n) is 8.17. The second-order valence-corrected chi connectivity index (χ2v) is 9.15. The van der Waals surface area contributed by atoms with E-state index >= 15 is 0 Å². The minimum atomic E-state index is -0.933. The molecule has 36 heavy (non-hydrogen) atoms. The number of amides is 1. The highest BCUT2D eigenvalue weighted by Crippen LogP contribution is 2.44. The van der Waals surface area contributed by atoms with E-state index in [1.165, 1.54) is 4.90 Å². The number of Topliss-reactive ketones (excluding diaryl/α,β-unsaturated/α-hetero) is 1. The summed E-state index contributed by atoms with van der Waals surface area (Å²) in [4.78, 5) is 44.9. The topological polar surface area (TPSA) is 106 Å². The van der Waals surface area contributed by atoms with Crippen molar-refractivity contribution in [3.63, 3.8) is 0 Å². The molecule has 186 valence electrons. The number of aryl methyl sites for hydroxylation is 2. The third-order valence-electron chi connectivity index (χ3n) is 5.73. The Balaban J connectivity index is 1.87. The van der Waals surface area contributed by atoms with Crippen molar-refractivity contribution in [2.75, 3.05) is 18.1 Å². The zero-order valence-electron chi connectivity index (χ0n) is 20.4. The van der Waals surface area contributed by atoms with Crippen LogP contribution in [-0.4, -0.2) is 41.0 Å². The summed E-state index contributed by atoms with van der Waals surface area (Å²) in [7, 11) is 0. The van der Waals surface area contributed by atoms with Crippen molar-refractivity contribution in [3.05, 3.63) is 81.4 Å². The van der Waals surface area contributed by atoms with Crippen LogP contribution in [0.25, 0.3) is 5.76 Å². The Labute approximate surface area is 212 Å². The quantitative estimate of drug-likeness (QED) is 0.209. The minimum absolute atomic E-state index is 0.0569. The van der Waals surface area contributed by atoms with E-state index in [9.17, 15) is 19.5 Å². The molecule has 2 aromatic carbocycles. The standard InChI is InChI=1S/C27H26N2O6S/c1-5-34-19-13-11-18(12-14-19)22(30)20-21(17-9-7-15(3)8-10-17)29(25(32)23(20)31)27-28-16(4)24(36-27)26(33)35-6-2/h7-14,21,30H,5-6H2,1-4H3/b22-20+/t21-/m1/s1. The molecule has 3 aromatic rings. The number of hydrogen-bond acceptors (Lipinski definition) is 8. The van der Waals surface area contributed by atoms with Crippen molar-refractivity contribution in [1.29, 1.82) is 0 Å². The molecule has 1 aliphatic heterocycles. The van der Waals surface area contributed by atoms with Crippen LogP contribution in [0.1, 0.15) is 51.9 Å². The van der Waals surface area contributed by atoms with Crippen LogP contribution in [0.2, 0.25) is 0 Å². The van der Waals surface area contributed by atoms with Crippen molar-refractivity contribution in [2.45, 2.75) is 33.7 Å². The first-order chi connectivity index (χ1) is 17.3. The number of thiazole rings is 1. The number of anilines is 1. The van der Waals surface area contributed by atoms with Gasteiger partial charge in [0.05, 0.1) is 30.5 Å². The Morgan fingerprint density at radius 2 is 1.69 bits per heavy atom. The molecular formula is C27H26N2O6S. The monoisotopic (exact) mass is 506 g/mol. The number of ether oxygens (including phenoxy) is 2. The molecule has 0 radical (unpaired) electrons. The Morgan fingerprint density at radius 1 is 1.03 bits per heavy atom. The average Bonchev–Trinajstić information content (AvgIpc) is 3.37. The maximum atomic E-state index is 13.3. The van der Waals surface area contributed by atoms with Gasteiger partial charge in [0.1, 0.15) is 16.4 Å². The minimum Gasteiger partial charge on any atom is -0.507 e. The van der Waals surface area contributed by atoms with Gasteiger partial charge in [0.2, 0.25) is 0 Å². The van der Waals surface area contributed by atoms with Gasteiger partial charge in [-0.1, -0.05) is 41.2 Å². The number of benzene rings is 2. The van der Waals surface area contributed by atoms with E-state index in [-0.39, 0.29) is 27.9 Å². The fourth-order valence-electron chi connectivity index (χ4n) is 4.00. The summed E-state index contributed by atoms with van der Waals surface area (Å²) < 4.78 is 10.6. The Bertz CT molecular complexity index is 1340. The summed E-state index contributed by atoms with van der Waals surface area (Å²) in [5.74, 6) is -1.90. The third-order valence-corrected chi connectivity index (χ3v) is 6.87. The molecule has 0 spiro atoms. The van der Waals surface area contributed by atoms with Crippen molar-refractivity contribution in [2.24, 2.45) is 0 Å². The number of aliphatic hydroxyl groups excluding tert-OH is 1. The molecule has 8 nitrogen and oxygen atoms in total. The van der Waals surface area contributed by atoms with E-state index in [1.807, 2.05) is 26.0 Å². The first kappa shape index (κ1) is 25.1. The maximum Gasteiger partial charge on any atom is 0.350 e. The van der Waals surface area contributed by atoms with E-state index in [0.717, 1.165) is 16.9 Å². The molecule has 1 aromatic heterocycles. The summed E-state index contributed by atoms with van der Waals surface area (Å²) in [6.45, 7) is 7.82. The fraction of sp³-hybridized carbons (Fsp3) is 0.259. The van der Waals surface area contributed by atoms with Crippen LogP contribution in [0, 0.1) is 13.8 Å². The Kier molecular flexibility index (Phi) is 7.21. The second kappa shape index (κ2) is 10.3.